The molecule has 1 saturated heterocycles. The van der Waals surface area contributed by atoms with Crippen molar-refractivity contribution in [1.82, 2.24) is 10.2 Å². The molecule has 3 N–H and O–H groups in total. The summed E-state index contributed by atoms with van der Waals surface area (Å²) in [6.45, 7) is 9.62. The zero-order valence-corrected chi connectivity index (χ0v) is 15.3. The second kappa shape index (κ2) is 7.84. The zero-order chi connectivity index (χ0) is 17.0. The van der Waals surface area contributed by atoms with Crippen molar-refractivity contribution in [2.45, 2.75) is 89.9 Å². The number of rotatable bonds is 3. The van der Waals surface area contributed by atoms with Crippen molar-refractivity contribution < 1.29 is 9.53 Å². The summed E-state index contributed by atoms with van der Waals surface area (Å²) in [5.41, 5.74) is 5.67. The van der Waals surface area contributed by atoms with Crippen LogP contribution in [0.5, 0.6) is 0 Å². The number of carbonyl (C=O) groups is 1. The number of piperidine rings is 1. The fraction of sp³-hybridized carbons (Fsp3) is 0.944. The Morgan fingerprint density at radius 2 is 2.00 bits per heavy atom. The van der Waals surface area contributed by atoms with E-state index in [9.17, 15) is 4.79 Å². The fourth-order valence-corrected chi connectivity index (χ4v) is 3.80. The summed E-state index contributed by atoms with van der Waals surface area (Å²) in [7, 11) is 0. The molecule has 0 radical (unpaired) electrons. The number of nitrogens with two attached hydrogens (primary N) is 1. The van der Waals surface area contributed by atoms with E-state index in [0.29, 0.717) is 24.0 Å². The molecule has 0 bridgehead atoms. The van der Waals surface area contributed by atoms with Crippen LogP contribution in [0.3, 0.4) is 0 Å². The average molecular weight is 325 g/mol. The van der Waals surface area contributed by atoms with Crippen LogP contribution in [0.25, 0.3) is 0 Å². The van der Waals surface area contributed by atoms with E-state index in [1.165, 1.54) is 19.3 Å². The van der Waals surface area contributed by atoms with Crippen LogP contribution in [-0.2, 0) is 4.74 Å². The van der Waals surface area contributed by atoms with Gasteiger partial charge >= 0.3 is 6.09 Å². The quantitative estimate of drug-likeness (QED) is 0.837. The molecule has 2 fully saturated rings. The largest absolute Gasteiger partial charge is 0.444 e. The first-order valence-corrected chi connectivity index (χ1v) is 9.24. The van der Waals surface area contributed by atoms with Crippen LogP contribution in [0.1, 0.15) is 66.2 Å². The van der Waals surface area contributed by atoms with Gasteiger partial charge in [-0.2, -0.15) is 0 Å². The van der Waals surface area contributed by atoms with E-state index in [1.54, 1.807) is 0 Å². The van der Waals surface area contributed by atoms with E-state index >= 15 is 0 Å². The van der Waals surface area contributed by atoms with Crippen molar-refractivity contribution in [1.29, 1.82) is 0 Å². The first kappa shape index (κ1) is 18.5. The monoisotopic (exact) mass is 325 g/mol. The second-order valence-corrected chi connectivity index (χ2v) is 8.41. The number of ether oxygens (including phenoxy) is 1. The van der Waals surface area contributed by atoms with Gasteiger partial charge in [0.1, 0.15) is 5.60 Å². The Balaban J connectivity index is 1.83. The van der Waals surface area contributed by atoms with Gasteiger partial charge in [-0.1, -0.05) is 6.42 Å². The summed E-state index contributed by atoms with van der Waals surface area (Å²) >= 11 is 0. The lowest BCUT2D eigenvalue weighted by atomic mass is 9.87. The van der Waals surface area contributed by atoms with Crippen molar-refractivity contribution in [3.63, 3.8) is 0 Å². The number of hydrogen-bond acceptors (Lipinski definition) is 4. The summed E-state index contributed by atoms with van der Waals surface area (Å²) in [5, 5.41) is 3.77. The topological polar surface area (TPSA) is 67.6 Å². The molecule has 0 aromatic rings. The Morgan fingerprint density at radius 1 is 1.26 bits per heavy atom. The minimum absolute atomic E-state index is 0.172. The Morgan fingerprint density at radius 3 is 2.65 bits per heavy atom. The molecule has 4 atom stereocenters. The predicted octanol–water partition coefficient (Wildman–Crippen LogP) is 2.88. The van der Waals surface area contributed by atoms with Crippen LogP contribution in [-0.4, -0.2) is 47.8 Å². The van der Waals surface area contributed by atoms with Gasteiger partial charge in [0, 0.05) is 31.2 Å². The molecule has 5 heteroatoms. The molecule has 5 nitrogen and oxygen atoms in total. The van der Waals surface area contributed by atoms with Crippen molar-refractivity contribution in [3.05, 3.63) is 0 Å². The van der Waals surface area contributed by atoms with E-state index in [4.69, 9.17) is 10.5 Å². The Bertz CT molecular complexity index is 394. The van der Waals surface area contributed by atoms with E-state index in [0.717, 1.165) is 32.4 Å². The van der Waals surface area contributed by atoms with Crippen LogP contribution in [0.15, 0.2) is 0 Å². The highest BCUT2D eigenvalue weighted by Crippen LogP contribution is 2.24. The molecule has 4 unspecified atom stereocenters. The molecule has 1 aliphatic carbocycles. The average Bonchev–Trinajstić information content (AvgIpc) is 2.45. The third-order valence-electron chi connectivity index (χ3n) is 5.03. The molecule has 134 valence electrons. The van der Waals surface area contributed by atoms with Gasteiger partial charge in [0.15, 0.2) is 0 Å². The first-order valence-electron chi connectivity index (χ1n) is 9.24. The zero-order valence-electron chi connectivity index (χ0n) is 15.3. The normalized spacial score (nSPS) is 30.8. The third-order valence-corrected chi connectivity index (χ3v) is 5.03. The molecule has 1 aliphatic heterocycles. The van der Waals surface area contributed by atoms with E-state index in [2.05, 4.69) is 12.2 Å². The van der Waals surface area contributed by atoms with Crippen molar-refractivity contribution in [2.75, 3.05) is 13.1 Å². The van der Waals surface area contributed by atoms with Crippen molar-refractivity contribution >= 4 is 6.09 Å². The number of likely N-dealkylation sites (tertiary alicyclic amines) is 1. The van der Waals surface area contributed by atoms with Gasteiger partial charge in [-0.15, -0.1) is 0 Å². The number of hydrogen-bond donors (Lipinski definition) is 2. The van der Waals surface area contributed by atoms with Crippen LogP contribution in [0.2, 0.25) is 0 Å². The highest BCUT2D eigenvalue weighted by molar-refractivity contribution is 5.68. The highest BCUT2D eigenvalue weighted by atomic mass is 16.6. The predicted molar refractivity (Wildman–Crippen MR) is 93.4 cm³/mol. The molecule has 23 heavy (non-hydrogen) atoms. The summed E-state index contributed by atoms with van der Waals surface area (Å²) in [5.74, 6) is 0.495. The molecule has 0 aromatic carbocycles. The molecule has 0 aromatic heterocycles. The Hall–Kier alpha value is -0.810. The third kappa shape index (κ3) is 5.96. The molecule has 1 saturated carbocycles. The maximum atomic E-state index is 12.3. The second-order valence-electron chi connectivity index (χ2n) is 8.41. The molecular weight excluding hydrogens is 290 g/mol. The summed E-state index contributed by atoms with van der Waals surface area (Å²) < 4.78 is 5.52. The Labute approximate surface area is 141 Å². The van der Waals surface area contributed by atoms with Crippen LogP contribution in [0.4, 0.5) is 4.79 Å². The standard InChI is InChI=1S/C18H35N3O2/c1-13(20-16-9-5-8-15(19)11-16)14-7-6-10-21(12-14)17(22)23-18(2,3)4/h13-16,20H,5-12,19H2,1-4H3. The van der Waals surface area contributed by atoms with Crippen LogP contribution < -0.4 is 11.1 Å². The minimum atomic E-state index is -0.424. The van der Waals surface area contributed by atoms with E-state index in [1.807, 2.05) is 25.7 Å². The summed E-state index contributed by atoms with van der Waals surface area (Å²) in [6.07, 6.45) is 6.73. The van der Waals surface area contributed by atoms with Gasteiger partial charge in [-0.3, -0.25) is 0 Å². The summed E-state index contributed by atoms with van der Waals surface area (Å²) in [4.78, 5) is 14.2. The lowest BCUT2D eigenvalue weighted by Gasteiger charge is -2.39. The highest BCUT2D eigenvalue weighted by Gasteiger charge is 2.31. The number of amides is 1. The fourth-order valence-electron chi connectivity index (χ4n) is 3.80. The van der Waals surface area contributed by atoms with E-state index in [-0.39, 0.29) is 6.09 Å². The van der Waals surface area contributed by atoms with Crippen LogP contribution in [0, 0.1) is 5.92 Å². The minimum Gasteiger partial charge on any atom is -0.444 e. The lowest BCUT2D eigenvalue weighted by Crippen LogP contribution is -2.51. The van der Waals surface area contributed by atoms with Gasteiger partial charge in [-0.05, 0) is 65.7 Å². The SMILES string of the molecule is CC(NC1CCCC(N)C1)C1CCCN(C(=O)OC(C)(C)C)C1. The molecular formula is C18H35N3O2. The molecule has 2 aliphatic rings. The van der Waals surface area contributed by atoms with Crippen molar-refractivity contribution in [3.8, 4) is 0 Å². The smallest absolute Gasteiger partial charge is 0.410 e. The number of nitrogens with one attached hydrogen (secondary N) is 1. The van der Waals surface area contributed by atoms with Gasteiger partial charge in [-0.25, -0.2) is 4.79 Å². The van der Waals surface area contributed by atoms with Crippen LogP contribution >= 0.6 is 0 Å². The van der Waals surface area contributed by atoms with Gasteiger partial charge < -0.3 is 20.7 Å². The van der Waals surface area contributed by atoms with Crippen molar-refractivity contribution in [2.24, 2.45) is 11.7 Å². The molecule has 1 heterocycles. The first-order chi connectivity index (χ1) is 10.7. The maximum absolute atomic E-state index is 12.3. The van der Waals surface area contributed by atoms with Gasteiger partial charge in [0.2, 0.25) is 0 Å². The lowest BCUT2D eigenvalue weighted by molar-refractivity contribution is 0.0145. The van der Waals surface area contributed by atoms with Gasteiger partial charge in [0.25, 0.3) is 0 Å². The maximum Gasteiger partial charge on any atom is 0.410 e. The molecule has 1 amide bonds. The number of nitrogens with zero attached hydrogens (tertiary/aromatic N) is 1. The molecule has 0 spiro atoms. The van der Waals surface area contributed by atoms with Gasteiger partial charge in [0.05, 0.1) is 0 Å². The summed E-state index contributed by atoms with van der Waals surface area (Å²) in [6, 6.07) is 1.29. The molecule has 2 rings (SSSR count). The van der Waals surface area contributed by atoms with E-state index < -0.39 is 5.60 Å². The Kier molecular flexibility index (Phi) is 6.32. The number of carbonyl (C=O) groups excluding carboxylic acids is 1.